The largest absolute Gasteiger partial charge is 0.435 e. The molecule has 0 unspecified atom stereocenters. The van der Waals surface area contributed by atoms with Crippen molar-refractivity contribution in [2.24, 2.45) is 7.05 Å². The lowest BCUT2D eigenvalue weighted by molar-refractivity contribution is -0.141. The number of alkyl halides is 3. The predicted octanol–water partition coefficient (Wildman–Crippen LogP) is 2.75. The average Bonchev–Trinajstić information content (AvgIpc) is 2.70. The molecule has 1 aromatic rings. The Kier molecular flexibility index (Phi) is 5.38. The number of unbranched alkanes of at least 4 members (excludes halogenated alkanes) is 3. The van der Waals surface area contributed by atoms with E-state index >= 15 is 0 Å². The van der Waals surface area contributed by atoms with Gasteiger partial charge in [-0.3, -0.25) is 9.48 Å². The predicted molar refractivity (Wildman–Crippen MR) is 64.7 cm³/mol. The van der Waals surface area contributed by atoms with E-state index in [1.165, 1.54) is 7.05 Å². The van der Waals surface area contributed by atoms with Crippen molar-refractivity contribution >= 4 is 5.91 Å². The fourth-order valence-electron chi connectivity index (χ4n) is 1.66. The minimum Gasteiger partial charge on any atom is -0.351 e. The van der Waals surface area contributed by atoms with Crippen molar-refractivity contribution in [2.45, 2.75) is 38.8 Å². The fraction of sp³-hybridized carbons (Fsp3) is 0.667. The quantitative estimate of drug-likeness (QED) is 0.813. The Morgan fingerprint density at radius 2 is 2.05 bits per heavy atom. The second kappa shape index (κ2) is 6.58. The molecule has 0 atom stereocenters. The van der Waals surface area contributed by atoms with Crippen LogP contribution in [-0.2, 0) is 13.2 Å². The SMILES string of the molecule is CCCCCCNC(=O)c1cc(C(F)(F)F)nn1C. The lowest BCUT2D eigenvalue weighted by atomic mass is 10.2. The molecule has 0 aliphatic heterocycles. The number of halogens is 3. The van der Waals surface area contributed by atoms with Gasteiger partial charge in [-0.15, -0.1) is 0 Å². The Labute approximate surface area is 110 Å². The first-order valence-corrected chi connectivity index (χ1v) is 6.25. The zero-order valence-corrected chi connectivity index (χ0v) is 11.0. The minimum atomic E-state index is -4.53. The van der Waals surface area contributed by atoms with Crippen molar-refractivity contribution in [2.75, 3.05) is 6.54 Å². The average molecular weight is 277 g/mol. The number of aromatic nitrogens is 2. The van der Waals surface area contributed by atoms with Crippen LogP contribution in [0.1, 0.15) is 48.8 Å². The van der Waals surface area contributed by atoms with Gasteiger partial charge in [-0.1, -0.05) is 26.2 Å². The van der Waals surface area contributed by atoms with E-state index in [-0.39, 0.29) is 5.69 Å². The Morgan fingerprint density at radius 3 is 2.58 bits per heavy atom. The highest BCUT2D eigenvalue weighted by Crippen LogP contribution is 2.28. The Balaban J connectivity index is 2.55. The summed E-state index contributed by atoms with van der Waals surface area (Å²) >= 11 is 0. The number of rotatable bonds is 6. The zero-order chi connectivity index (χ0) is 14.5. The molecule has 4 nitrogen and oxygen atoms in total. The van der Waals surface area contributed by atoms with Gasteiger partial charge >= 0.3 is 6.18 Å². The summed E-state index contributed by atoms with van der Waals surface area (Å²) in [4.78, 5) is 11.7. The van der Waals surface area contributed by atoms with E-state index in [1.54, 1.807) is 0 Å². The van der Waals surface area contributed by atoms with Crippen LogP contribution in [0.3, 0.4) is 0 Å². The van der Waals surface area contributed by atoms with Gasteiger partial charge < -0.3 is 5.32 Å². The molecule has 0 saturated carbocycles. The monoisotopic (exact) mass is 277 g/mol. The molecule has 0 saturated heterocycles. The van der Waals surface area contributed by atoms with Gasteiger partial charge in [-0.25, -0.2) is 0 Å². The molecule has 1 heterocycles. The second-order valence-electron chi connectivity index (χ2n) is 4.35. The summed E-state index contributed by atoms with van der Waals surface area (Å²) in [6.07, 6.45) is -0.540. The molecule has 108 valence electrons. The number of nitrogens with one attached hydrogen (secondary N) is 1. The van der Waals surface area contributed by atoms with Crippen molar-refractivity contribution in [3.8, 4) is 0 Å². The van der Waals surface area contributed by atoms with E-state index < -0.39 is 17.8 Å². The number of aryl methyl sites for hydroxylation is 1. The Hall–Kier alpha value is -1.53. The summed E-state index contributed by atoms with van der Waals surface area (Å²) in [6.45, 7) is 2.54. The number of amides is 1. The number of hydrogen-bond acceptors (Lipinski definition) is 2. The van der Waals surface area contributed by atoms with Crippen LogP contribution in [0.4, 0.5) is 13.2 Å². The van der Waals surface area contributed by atoms with E-state index in [9.17, 15) is 18.0 Å². The Bertz CT molecular complexity index is 426. The van der Waals surface area contributed by atoms with Crippen LogP contribution in [-0.4, -0.2) is 22.2 Å². The normalized spacial score (nSPS) is 11.6. The van der Waals surface area contributed by atoms with Crippen LogP contribution in [0.2, 0.25) is 0 Å². The van der Waals surface area contributed by atoms with Gasteiger partial charge in [0, 0.05) is 19.7 Å². The van der Waals surface area contributed by atoms with Crippen LogP contribution in [0.25, 0.3) is 0 Å². The molecule has 1 rings (SSSR count). The number of carbonyl (C=O) groups excluding carboxylic acids is 1. The van der Waals surface area contributed by atoms with E-state index in [2.05, 4.69) is 17.3 Å². The first-order chi connectivity index (χ1) is 8.86. The van der Waals surface area contributed by atoms with Gasteiger partial charge in [0.25, 0.3) is 5.91 Å². The molecule has 0 spiro atoms. The van der Waals surface area contributed by atoms with Crippen molar-refractivity contribution in [1.29, 1.82) is 0 Å². The van der Waals surface area contributed by atoms with Crippen molar-refractivity contribution < 1.29 is 18.0 Å². The molecule has 1 N–H and O–H groups in total. The summed E-state index contributed by atoms with van der Waals surface area (Å²) in [5, 5.41) is 5.89. The molecule has 7 heteroatoms. The number of nitrogens with zero attached hydrogens (tertiary/aromatic N) is 2. The molecule has 1 amide bonds. The van der Waals surface area contributed by atoms with Crippen LogP contribution in [0.15, 0.2) is 6.07 Å². The topological polar surface area (TPSA) is 46.9 Å². The molecule has 0 radical (unpaired) electrons. The number of carbonyl (C=O) groups is 1. The molecule has 0 aliphatic rings. The van der Waals surface area contributed by atoms with Gasteiger partial charge in [-0.05, 0) is 6.42 Å². The highest BCUT2D eigenvalue weighted by molar-refractivity contribution is 5.92. The van der Waals surface area contributed by atoms with Gasteiger partial charge in [-0.2, -0.15) is 18.3 Å². The van der Waals surface area contributed by atoms with Gasteiger partial charge in [0.05, 0.1) is 0 Å². The van der Waals surface area contributed by atoms with Crippen molar-refractivity contribution in [1.82, 2.24) is 15.1 Å². The van der Waals surface area contributed by atoms with Crippen molar-refractivity contribution in [3.05, 3.63) is 17.5 Å². The van der Waals surface area contributed by atoms with Gasteiger partial charge in [0.1, 0.15) is 5.69 Å². The third kappa shape index (κ3) is 4.57. The Morgan fingerprint density at radius 1 is 1.37 bits per heavy atom. The maximum absolute atomic E-state index is 12.4. The standard InChI is InChI=1S/C12H18F3N3O/c1-3-4-5-6-7-16-11(19)9-8-10(12(13,14)15)17-18(9)2/h8H,3-7H2,1-2H3,(H,16,19). The molecular formula is C12H18F3N3O. The summed E-state index contributed by atoms with van der Waals surface area (Å²) < 4.78 is 38.2. The highest BCUT2D eigenvalue weighted by atomic mass is 19.4. The lowest BCUT2D eigenvalue weighted by Gasteiger charge is -2.04. The van der Waals surface area contributed by atoms with E-state index in [0.717, 1.165) is 36.4 Å². The number of hydrogen-bond donors (Lipinski definition) is 1. The van der Waals surface area contributed by atoms with E-state index in [4.69, 9.17) is 0 Å². The molecule has 0 aliphatic carbocycles. The molecule has 19 heavy (non-hydrogen) atoms. The second-order valence-corrected chi connectivity index (χ2v) is 4.35. The van der Waals surface area contributed by atoms with Crippen molar-refractivity contribution in [3.63, 3.8) is 0 Å². The van der Waals surface area contributed by atoms with Crippen LogP contribution in [0, 0.1) is 0 Å². The van der Waals surface area contributed by atoms with Gasteiger partial charge in [0.2, 0.25) is 0 Å². The summed E-state index contributed by atoms with van der Waals surface area (Å²) in [7, 11) is 1.32. The third-order valence-electron chi connectivity index (χ3n) is 2.72. The molecule has 0 aromatic carbocycles. The first kappa shape index (κ1) is 15.5. The lowest BCUT2D eigenvalue weighted by Crippen LogP contribution is -2.26. The molecule has 0 bridgehead atoms. The van der Waals surface area contributed by atoms with E-state index in [0.29, 0.717) is 6.54 Å². The highest BCUT2D eigenvalue weighted by Gasteiger charge is 2.35. The first-order valence-electron chi connectivity index (χ1n) is 6.25. The summed E-state index contributed by atoms with van der Waals surface area (Å²) in [6, 6.07) is 0.765. The van der Waals surface area contributed by atoms with Crippen LogP contribution >= 0.6 is 0 Å². The smallest absolute Gasteiger partial charge is 0.351 e. The molecule has 1 aromatic heterocycles. The maximum Gasteiger partial charge on any atom is 0.435 e. The minimum absolute atomic E-state index is 0.0807. The van der Waals surface area contributed by atoms with Crippen LogP contribution in [0.5, 0.6) is 0 Å². The molecular weight excluding hydrogens is 259 g/mol. The third-order valence-corrected chi connectivity index (χ3v) is 2.72. The zero-order valence-electron chi connectivity index (χ0n) is 11.0. The van der Waals surface area contributed by atoms with Crippen LogP contribution < -0.4 is 5.32 Å². The van der Waals surface area contributed by atoms with E-state index in [1.807, 2.05) is 0 Å². The summed E-state index contributed by atoms with van der Waals surface area (Å²) in [5.74, 6) is -0.526. The summed E-state index contributed by atoms with van der Waals surface area (Å²) in [5.41, 5.74) is -1.13. The van der Waals surface area contributed by atoms with Gasteiger partial charge in [0.15, 0.2) is 5.69 Å². The molecule has 0 fully saturated rings. The fourth-order valence-corrected chi connectivity index (χ4v) is 1.66. The maximum atomic E-state index is 12.4.